The first kappa shape index (κ1) is 16.0. The summed E-state index contributed by atoms with van der Waals surface area (Å²) in [5.74, 6) is 0.754. The third-order valence-electron chi connectivity index (χ3n) is 4.90. The molecular formula is C20H15N3O3S. The summed E-state index contributed by atoms with van der Waals surface area (Å²) in [6.07, 6.45) is 0.113. The van der Waals surface area contributed by atoms with Gasteiger partial charge in [-0.1, -0.05) is 36.4 Å². The van der Waals surface area contributed by atoms with Crippen LogP contribution in [-0.2, 0) is 0 Å². The maximum atomic E-state index is 11.6. The van der Waals surface area contributed by atoms with Crippen molar-refractivity contribution in [1.29, 1.82) is 0 Å². The highest BCUT2D eigenvalue weighted by Gasteiger charge is 2.42. The van der Waals surface area contributed by atoms with Crippen molar-refractivity contribution in [1.82, 2.24) is 5.01 Å². The average molecular weight is 377 g/mol. The Morgan fingerprint density at radius 1 is 1.07 bits per heavy atom. The molecule has 2 aliphatic rings. The van der Waals surface area contributed by atoms with Crippen LogP contribution in [0.15, 0.2) is 71.1 Å². The second kappa shape index (κ2) is 6.21. The van der Waals surface area contributed by atoms with Gasteiger partial charge in [0.05, 0.1) is 27.1 Å². The molecule has 134 valence electrons. The zero-order valence-electron chi connectivity index (χ0n) is 14.2. The van der Waals surface area contributed by atoms with E-state index >= 15 is 0 Å². The van der Waals surface area contributed by atoms with Crippen molar-refractivity contribution in [2.75, 3.05) is 0 Å². The van der Waals surface area contributed by atoms with Gasteiger partial charge >= 0.3 is 0 Å². The molecule has 2 aromatic carbocycles. The Bertz CT molecular complexity index is 1050. The van der Waals surface area contributed by atoms with E-state index in [1.54, 1.807) is 29.5 Å². The lowest BCUT2D eigenvalue weighted by Crippen LogP contribution is -2.34. The maximum absolute atomic E-state index is 11.6. The van der Waals surface area contributed by atoms with Crippen molar-refractivity contribution in [3.8, 4) is 5.75 Å². The lowest BCUT2D eigenvalue weighted by atomic mass is 9.97. The summed E-state index contributed by atoms with van der Waals surface area (Å²) in [4.78, 5) is 12.3. The van der Waals surface area contributed by atoms with Crippen LogP contribution in [-0.4, -0.2) is 15.6 Å². The summed E-state index contributed by atoms with van der Waals surface area (Å²) in [6, 6.07) is 18.6. The minimum Gasteiger partial charge on any atom is -0.464 e. The molecule has 27 heavy (non-hydrogen) atoms. The van der Waals surface area contributed by atoms with E-state index in [4.69, 9.17) is 9.84 Å². The van der Waals surface area contributed by atoms with Gasteiger partial charge in [0.25, 0.3) is 5.69 Å². The zero-order chi connectivity index (χ0) is 18.4. The lowest BCUT2D eigenvalue weighted by molar-refractivity contribution is -0.386. The number of rotatable bonds is 3. The van der Waals surface area contributed by atoms with Crippen LogP contribution in [0.2, 0.25) is 0 Å². The highest BCUT2D eigenvalue weighted by molar-refractivity contribution is 7.12. The molecule has 0 saturated carbocycles. The Morgan fingerprint density at radius 2 is 1.85 bits per heavy atom. The summed E-state index contributed by atoms with van der Waals surface area (Å²) in [5, 5.41) is 20.3. The van der Waals surface area contributed by atoms with Crippen molar-refractivity contribution in [2.45, 2.75) is 18.7 Å². The normalized spacial score (nSPS) is 20.4. The Morgan fingerprint density at radius 3 is 2.63 bits per heavy atom. The summed E-state index contributed by atoms with van der Waals surface area (Å²) in [5.41, 5.74) is 2.60. The van der Waals surface area contributed by atoms with Crippen LogP contribution < -0.4 is 4.74 Å². The lowest BCUT2D eigenvalue weighted by Gasteiger charge is -2.37. The van der Waals surface area contributed by atoms with Gasteiger partial charge in [-0.15, -0.1) is 11.3 Å². The first-order valence-electron chi connectivity index (χ1n) is 8.61. The van der Waals surface area contributed by atoms with E-state index in [1.807, 2.05) is 40.7 Å². The number of para-hydroxylation sites is 2. The molecule has 0 fully saturated rings. The molecule has 6 nitrogen and oxygen atoms in total. The molecular weight excluding hydrogens is 362 g/mol. The van der Waals surface area contributed by atoms with Crippen LogP contribution >= 0.6 is 11.3 Å². The van der Waals surface area contributed by atoms with E-state index in [2.05, 4.69) is 6.07 Å². The number of hydrogen-bond donors (Lipinski definition) is 0. The van der Waals surface area contributed by atoms with Gasteiger partial charge in [-0.3, -0.25) is 10.1 Å². The number of benzene rings is 2. The van der Waals surface area contributed by atoms with Gasteiger partial charge in [-0.05, 0) is 23.6 Å². The number of fused-ring (bicyclic) bond motifs is 3. The molecule has 2 aliphatic heterocycles. The molecule has 2 unspecified atom stereocenters. The van der Waals surface area contributed by atoms with Crippen molar-refractivity contribution in [3.63, 3.8) is 0 Å². The van der Waals surface area contributed by atoms with Crippen LogP contribution in [0.4, 0.5) is 5.69 Å². The third-order valence-corrected chi connectivity index (χ3v) is 5.82. The molecule has 0 bridgehead atoms. The number of ether oxygens (including phenoxy) is 1. The summed E-state index contributed by atoms with van der Waals surface area (Å²) in [7, 11) is 0. The molecule has 7 heteroatoms. The Labute approximate surface area is 159 Å². The van der Waals surface area contributed by atoms with Gasteiger partial charge < -0.3 is 4.74 Å². The second-order valence-corrected chi connectivity index (χ2v) is 7.40. The molecule has 0 spiro atoms. The molecule has 2 atom stereocenters. The van der Waals surface area contributed by atoms with Crippen LogP contribution in [0, 0.1) is 10.1 Å². The molecule has 3 heterocycles. The molecule has 5 rings (SSSR count). The van der Waals surface area contributed by atoms with Gasteiger partial charge in [0.15, 0.2) is 0 Å². The van der Waals surface area contributed by atoms with E-state index in [1.165, 1.54) is 6.07 Å². The van der Waals surface area contributed by atoms with Gasteiger partial charge in [-0.25, -0.2) is 5.01 Å². The van der Waals surface area contributed by atoms with Crippen LogP contribution in [0.3, 0.4) is 0 Å². The highest BCUT2D eigenvalue weighted by Crippen LogP contribution is 2.48. The second-order valence-electron chi connectivity index (χ2n) is 6.45. The van der Waals surface area contributed by atoms with E-state index in [0.29, 0.717) is 5.56 Å². The molecule has 1 aromatic heterocycles. The quantitative estimate of drug-likeness (QED) is 0.481. The summed E-state index contributed by atoms with van der Waals surface area (Å²) in [6.45, 7) is 0. The van der Waals surface area contributed by atoms with Crippen LogP contribution in [0.25, 0.3) is 0 Å². The van der Waals surface area contributed by atoms with E-state index in [9.17, 15) is 10.1 Å². The Hall–Kier alpha value is -3.19. The van der Waals surface area contributed by atoms with Gasteiger partial charge in [0, 0.05) is 18.1 Å². The van der Waals surface area contributed by atoms with Gasteiger partial charge in [-0.2, -0.15) is 5.10 Å². The van der Waals surface area contributed by atoms with Gasteiger partial charge in [0.2, 0.25) is 6.23 Å². The first-order chi connectivity index (χ1) is 13.2. The molecule has 0 amide bonds. The van der Waals surface area contributed by atoms with E-state index in [0.717, 1.165) is 28.3 Å². The van der Waals surface area contributed by atoms with E-state index < -0.39 is 6.23 Å². The third kappa shape index (κ3) is 2.59. The fourth-order valence-corrected chi connectivity index (χ4v) is 4.41. The monoisotopic (exact) mass is 377 g/mol. The minimum atomic E-state index is -0.635. The SMILES string of the molecule is O=[N+]([O-])c1ccccc1C1Oc2ccccc2C2CC(c3cccs3)=NN21. The first-order valence-corrected chi connectivity index (χ1v) is 9.49. The standard InChI is InChI=1S/C20H15N3O3S/c24-23(25)16-8-3-1-7-14(16)20-22-17(13-6-2-4-9-18(13)26-20)12-15(21-22)19-10-5-11-27-19/h1-11,17,20H,12H2. The number of hydrogen-bond acceptors (Lipinski definition) is 6. The van der Waals surface area contributed by atoms with Gasteiger partial charge in [0.1, 0.15) is 5.75 Å². The Kier molecular flexibility index (Phi) is 3.68. The predicted molar refractivity (Wildman–Crippen MR) is 103 cm³/mol. The van der Waals surface area contributed by atoms with Crippen molar-refractivity contribution >= 4 is 22.7 Å². The molecule has 0 radical (unpaired) electrons. The number of thiophene rings is 1. The molecule has 3 aromatic rings. The van der Waals surface area contributed by atoms with Crippen molar-refractivity contribution in [2.24, 2.45) is 5.10 Å². The smallest absolute Gasteiger partial charge is 0.278 e. The fraction of sp³-hybridized carbons (Fsp3) is 0.150. The van der Waals surface area contributed by atoms with Crippen molar-refractivity contribution in [3.05, 3.63) is 92.2 Å². The van der Waals surface area contributed by atoms with Crippen LogP contribution in [0.1, 0.15) is 34.7 Å². The Balaban J connectivity index is 1.65. The fourth-order valence-electron chi connectivity index (χ4n) is 3.69. The molecule has 0 aliphatic carbocycles. The number of nitro benzene ring substituents is 1. The van der Waals surface area contributed by atoms with Crippen LogP contribution in [0.5, 0.6) is 5.75 Å². The zero-order valence-corrected chi connectivity index (χ0v) is 15.0. The minimum absolute atomic E-state index is 0.00291. The number of nitrogens with zero attached hydrogens (tertiary/aromatic N) is 3. The molecule has 0 saturated heterocycles. The topological polar surface area (TPSA) is 68.0 Å². The maximum Gasteiger partial charge on any atom is 0.278 e. The predicted octanol–water partition coefficient (Wildman–Crippen LogP) is 4.90. The average Bonchev–Trinajstić information content (AvgIpc) is 3.37. The van der Waals surface area contributed by atoms with E-state index in [-0.39, 0.29) is 16.7 Å². The largest absolute Gasteiger partial charge is 0.464 e. The number of hydrazone groups is 1. The summed E-state index contributed by atoms with van der Waals surface area (Å²) < 4.78 is 6.21. The highest BCUT2D eigenvalue weighted by atomic mass is 32.1. The summed E-state index contributed by atoms with van der Waals surface area (Å²) >= 11 is 1.65. The van der Waals surface area contributed by atoms with Crippen molar-refractivity contribution < 1.29 is 9.66 Å². The molecule has 0 N–H and O–H groups in total. The number of nitro groups is 1.